The standard InChI is InChI=1S/C17H25NO2S/c1-2-3-12-4-6-13(7-5-12)18-10-8-15-14(9-11-21-15)16(18)17(19)20/h9,11-13,16H,2-8,10H2,1H3,(H,19,20). The van der Waals surface area contributed by atoms with E-state index in [0.29, 0.717) is 6.04 Å². The smallest absolute Gasteiger partial charge is 0.325 e. The number of thiophene rings is 1. The second-order valence-electron chi connectivity index (χ2n) is 6.49. The van der Waals surface area contributed by atoms with Crippen molar-refractivity contribution in [1.82, 2.24) is 4.90 Å². The van der Waals surface area contributed by atoms with Crippen molar-refractivity contribution in [2.24, 2.45) is 5.92 Å². The second kappa shape index (κ2) is 6.49. The van der Waals surface area contributed by atoms with E-state index in [1.807, 2.05) is 11.4 Å². The second-order valence-corrected chi connectivity index (χ2v) is 7.49. The average molecular weight is 307 g/mol. The Labute approximate surface area is 131 Å². The minimum atomic E-state index is -0.676. The fraction of sp³-hybridized carbons (Fsp3) is 0.706. The molecule has 1 aromatic rings. The maximum Gasteiger partial charge on any atom is 0.325 e. The number of fused-ring (bicyclic) bond motifs is 1. The number of carbonyl (C=O) groups is 1. The monoisotopic (exact) mass is 307 g/mol. The van der Waals surface area contributed by atoms with Gasteiger partial charge < -0.3 is 5.11 Å². The summed E-state index contributed by atoms with van der Waals surface area (Å²) in [6.07, 6.45) is 8.53. The molecule has 1 aromatic heterocycles. The van der Waals surface area contributed by atoms with Crippen molar-refractivity contribution in [2.45, 2.75) is 64.0 Å². The van der Waals surface area contributed by atoms with Crippen molar-refractivity contribution in [3.8, 4) is 0 Å². The van der Waals surface area contributed by atoms with Crippen molar-refractivity contribution in [3.63, 3.8) is 0 Å². The van der Waals surface area contributed by atoms with E-state index in [0.717, 1.165) is 24.4 Å². The van der Waals surface area contributed by atoms with Gasteiger partial charge in [-0.05, 0) is 55.0 Å². The molecule has 21 heavy (non-hydrogen) atoms. The molecule has 0 saturated heterocycles. The van der Waals surface area contributed by atoms with Crippen LogP contribution in [-0.4, -0.2) is 28.6 Å². The fourth-order valence-electron chi connectivity index (χ4n) is 4.18. The summed E-state index contributed by atoms with van der Waals surface area (Å²) < 4.78 is 0. The van der Waals surface area contributed by atoms with Crippen LogP contribution in [0.1, 0.15) is 61.9 Å². The van der Waals surface area contributed by atoms with E-state index in [1.54, 1.807) is 11.3 Å². The number of carboxylic acid groups (broad SMARTS) is 1. The Hall–Kier alpha value is -0.870. The van der Waals surface area contributed by atoms with Crippen molar-refractivity contribution >= 4 is 17.3 Å². The molecule has 1 aliphatic carbocycles. The molecule has 3 rings (SSSR count). The highest BCUT2D eigenvalue weighted by atomic mass is 32.1. The zero-order valence-electron chi connectivity index (χ0n) is 12.8. The third-order valence-electron chi connectivity index (χ3n) is 5.22. The van der Waals surface area contributed by atoms with Crippen LogP contribution in [0.5, 0.6) is 0 Å². The normalized spacial score (nSPS) is 30.0. The molecule has 4 heteroatoms. The minimum Gasteiger partial charge on any atom is -0.480 e. The van der Waals surface area contributed by atoms with Gasteiger partial charge in [0.05, 0.1) is 0 Å². The predicted molar refractivity (Wildman–Crippen MR) is 85.8 cm³/mol. The van der Waals surface area contributed by atoms with Gasteiger partial charge in [-0.25, -0.2) is 0 Å². The third kappa shape index (κ3) is 3.02. The Morgan fingerprint density at radius 3 is 2.81 bits per heavy atom. The van der Waals surface area contributed by atoms with E-state index in [-0.39, 0.29) is 0 Å². The van der Waals surface area contributed by atoms with Gasteiger partial charge in [0.25, 0.3) is 0 Å². The molecular formula is C17H25NO2S. The summed E-state index contributed by atoms with van der Waals surface area (Å²) in [6, 6.07) is 2.08. The van der Waals surface area contributed by atoms with Crippen LogP contribution in [0.4, 0.5) is 0 Å². The van der Waals surface area contributed by atoms with Crippen molar-refractivity contribution < 1.29 is 9.90 Å². The Morgan fingerprint density at radius 2 is 2.14 bits per heavy atom. The van der Waals surface area contributed by atoms with Gasteiger partial charge in [0, 0.05) is 17.5 Å². The first kappa shape index (κ1) is 15.0. The van der Waals surface area contributed by atoms with E-state index in [4.69, 9.17) is 0 Å². The van der Waals surface area contributed by atoms with Crippen molar-refractivity contribution in [2.75, 3.05) is 6.54 Å². The average Bonchev–Trinajstić information content (AvgIpc) is 2.95. The van der Waals surface area contributed by atoms with Crippen molar-refractivity contribution in [3.05, 3.63) is 21.9 Å². The molecule has 0 bridgehead atoms. The first-order valence-corrected chi connectivity index (χ1v) is 9.13. The SMILES string of the molecule is CCCC1CCC(N2CCc3sccc3C2C(=O)O)CC1. The van der Waals surface area contributed by atoms with Crippen LogP contribution in [0.25, 0.3) is 0 Å². The molecule has 0 aromatic carbocycles. The highest BCUT2D eigenvalue weighted by Crippen LogP contribution is 2.39. The Balaban J connectivity index is 1.72. The summed E-state index contributed by atoms with van der Waals surface area (Å²) in [6.45, 7) is 3.17. The summed E-state index contributed by atoms with van der Waals surface area (Å²) >= 11 is 1.71. The van der Waals surface area contributed by atoms with Crippen LogP contribution in [0, 0.1) is 5.92 Å². The molecule has 2 aliphatic rings. The lowest BCUT2D eigenvalue weighted by atomic mass is 9.81. The molecule has 1 atom stereocenters. The summed E-state index contributed by atoms with van der Waals surface area (Å²) in [5.74, 6) is 0.195. The van der Waals surface area contributed by atoms with Gasteiger partial charge in [0.1, 0.15) is 6.04 Å². The van der Waals surface area contributed by atoms with Crippen LogP contribution in [0.2, 0.25) is 0 Å². The fourth-order valence-corrected chi connectivity index (χ4v) is 5.08. The van der Waals surface area contributed by atoms with Crippen LogP contribution < -0.4 is 0 Å². The van der Waals surface area contributed by atoms with E-state index < -0.39 is 12.0 Å². The molecule has 1 N–H and O–H groups in total. The quantitative estimate of drug-likeness (QED) is 0.910. The predicted octanol–water partition coefficient (Wildman–Crippen LogP) is 4.09. The van der Waals surface area contributed by atoms with E-state index in [9.17, 15) is 9.90 Å². The number of nitrogens with zero attached hydrogens (tertiary/aromatic N) is 1. The molecular weight excluding hydrogens is 282 g/mol. The molecule has 1 unspecified atom stereocenters. The topological polar surface area (TPSA) is 40.5 Å². The summed E-state index contributed by atoms with van der Waals surface area (Å²) in [7, 11) is 0. The van der Waals surface area contributed by atoms with E-state index in [2.05, 4.69) is 11.8 Å². The van der Waals surface area contributed by atoms with Gasteiger partial charge >= 0.3 is 5.97 Å². The maximum atomic E-state index is 11.8. The molecule has 0 radical (unpaired) electrons. The molecule has 0 amide bonds. The molecule has 3 nitrogen and oxygen atoms in total. The molecule has 0 spiro atoms. The lowest BCUT2D eigenvalue weighted by molar-refractivity contribution is -0.145. The molecule has 1 aliphatic heterocycles. The number of carboxylic acids is 1. The van der Waals surface area contributed by atoms with Gasteiger partial charge in [-0.1, -0.05) is 19.8 Å². The van der Waals surface area contributed by atoms with Gasteiger partial charge in [0.15, 0.2) is 0 Å². The Morgan fingerprint density at radius 1 is 1.38 bits per heavy atom. The minimum absolute atomic E-state index is 0.410. The summed E-state index contributed by atoms with van der Waals surface area (Å²) in [5.41, 5.74) is 1.05. The number of hydrogen-bond acceptors (Lipinski definition) is 3. The lowest BCUT2D eigenvalue weighted by Crippen LogP contribution is -2.46. The lowest BCUT2D eigenvalue weighted by Gasteiger charge is -2.42. The first-order valence-electron chi connectivity index (χ1n) is 8.25. The number of rotatable bonds is 4. The van der Waals surface area contributed by atoms with Crippen LogP contribution in [0.3, 0.4) is 0 Å². The van der Waals surface area contributed by atoms with E-state index in [1.165, 1.54) is 43.4 Å². The van der Waals surface area contributed by atoms with Gasteiger partial charge in [-0.15, -0.1) is 11.3 Å². The van der Waals surface area contributed by atoms with Crippen LogP contribution in [0.15, 0.2) is 11.4 Å². The number of hydrogen-bond donors (Lipinski definition) is 1. The maximum absolute atomic E-state index is 11.8. The van der Waals surface area contributed by atoms with Crippen molar-refractivity contribution in [1.29, 1.82) is 0 Å². The third-order valence-corrected chi connectivity index (χ3v) is 6.22. The molecule has 2 heterocycles. The largest absolute Gasteiger partial charge is 0.480 e. The zero-order chi connectivity index (χ0) is 14.8. The number of aliphatic carboxylic acids is 1. The Bertz CT molecular complexity index is 491. The summed E-state index contributed by atoms with van der Waals surface area (Å²) in [4.78, 5) is 15.4. The van der Waals surface area contributed by atoms with Gasteiger partial charge in [-0.3, -0.25) is 9.69 Å². The van der Waals surface area contributed by atoms with Gasteiger partial charge in [0.2, 0.25) is 0 Å². The first-order chi connectivity index (χ1) is 10.2. The van der Waals surface area contributed by atoms with Crippen LogP contribution >= 0.6 is 11.3 Å². The zero-order valence-corrected chi connectivity index (χ0v) is 13.6. The van der Waals surface area contributed by atoms with Gasteiger partial charge in [-0.2, -0.15) is 0 Å². The summed E-state index contributed by atoms with van der Waals surface area (Å²) in [5, 5.41) is 11.7. The highest BCUT2D eigenvalue weighted by Gasteiger charge is 2.38. The molecule has 116 valence electrons. The molecule has 1 fully saturated rings. The highest BCUT2D eigenvalue weighted by molar-refractivity contribution is 7.10. The Kier molecular flexibility index (Phi) is 4.65. The van der Waals surface area contributed by atoms with Crippen LogP contribution in [-0.2, 0) is 11.2 Å². The molecule has 1 saturated carbocycles. The van der Waals surface area contributed by atoms with E-state index >= 15 is 0 Å².